The number of sulfone groups is 1. The van der Waals surface area contributed by atoms with E-state index in [9.17, 15) is 13.2 Å². The number of rotatable bonds is 9. The standard InChI is InChI=1S/C22H26ClN3O3S2.ClH/c1-4-16-5-10-19-20(15-16)30-22(24-19)26(13-12-25(2)3)21(27)11-14-31(28,29)18-8-6-17(23)7-9-18;/h5-10,15H,4,11-14H2,1-3H3;1H. The molecule has 1 amide bonds. The molecule has 6 nitrogen and oxygen atoms in total. The van der Waals surface area contributed by atoms with Crippen LogP contribution in [0.3, 0.4) is 0 Å². The number of benzene rings is 2. The second kappa shape index (κ2) is 11.4. The van der Waals surface area contributed by atoms with E-state index in [-0.39, 0.29) is 35.4 Å². The maximum atomic E-state index is 13.1. The number of fused-ring (bicyclic) bond motifs is 1. The molecule has 0 fully saturated rings. The number of hydrogen-bond donors (Lipinski definition) is 0. The Balaban J connectivity index is 0.00000363. The fourth-order valence-electron chi connectivity index (χ4n) is 3.04. The largest absolute Gasteiger partial charge is 0.308 e. The molecule has 0 saturated carbocycles. The predicted molar refractivity (Wildman–Crippen MR) is 135 cm³/mol. The lowest BCUT2D eigenvalue weighted by molar-refractivity contribution is -0.118. The highest BCUT2D eigenvalue weighted by Crippen LogP contribution is 2.30. The van der Waals surface area contributed by atoms with Crippen molar-refractivity contribution in [2.75, 3.05) is 37.8 Å². The summed E-state index contributed by atoms with van der Waals surface area (Å²) in [5.74, 6) is -0.522. The molecule has 0 aliphatic heterocycles. The Hall–Kier alpha value is -1.71. The molecular weight excluding hydrogens is 489 g/mol. The number of aromatic nitrogens is 1. The third-order valence-electron chi connectivity index (χ3n) is 4.91. The van der Waals surface area contributed by atoms with Crippen LogP contribution < -0.4 is 4.90 Å². The summed E-state index contributed by atoms with van der Waals surface area (Å²) in [6.07, 6.45) is 0.809. The van der Waals surface area contributed by atoms with Gasteiger partial charge in [-0.3, -0.25) is 9.69 Å². The minimum Gasteiger partial charge on any atom is -0.308 e. The molecule has 174 valence electrons. The highest BCUT2D eigenvalue weighted by atomic mass is 35.5. The highest BCUT2D eigenvalue weighted by molar-refractivity contribution is 7.91. The van der Waals surface area contributed by atoms with Crippen LogP contribution in [0.1, 0.15) is 18.9 Å². The number of carbonyl (C=O) groups excluding carboxylic acids is 1. The van der Waals surface area contributed by atoms with Crippen molar-refractivity contribution in [3.8, 4) is 0 Å². The molecule has 0 unspecified atom stereocenters. The van der Waals surface area contributed by atoms with Gasteiger partial charge in [-0.15, -0.1) is 12.4 Å². The number of likely N-dealkylation sites (N-methyl/N-ethyl adjacent to an activating group) is 1. The summed E-state index contributed by atoms with van der Waals surface area (Å²) in [5, 5.41) is 1.06. The van der Waals surface area contributed by atoms with Gasteiger partial charge in [0.1, 0.15) is 0 Å². The quantitative estimate of drug-likeness (QED) is 0.413. The number of thiazole rings is 1. The third-order valence-corrected chi connectivity index (χ3v) is 7.94. The first-order chi connectivity index (χ1) is 14.7. The van der Waals surface area contributed by atoms with Crippen LogP contribution in [-0.4, -0.2) is 57.1 Å². The average molecular weight is 517 g/mol. The van der Waals surface area contributed by atoms with Crippen LogP contribution in [-0.2, 0) is 21.1 Å². The van der Waals surface area contributed by atoms with Crippen LogP contribution in [0.2, 0.25) is 5.02 Å². The summed E-state index contributed by atoms with van der Waals surface area (Å²) < 4.78 is 26.3. The first-order valence-electron chi connectivity index (χ1n) is 10.0. The van der Waals surface area contributed by atoms with Gasteiger partial charge in [0.2, 0.25) is 5.91 Å². The zero-order valence-electron chi connectivity index (χ0n) is 18.2. The molecular formula is C22H27Cl2N3O3S2. The Labute approximate surface area is 204 Å². The van der Waals surface area contributed by atoms with Gasteiger partial charge in [-0.05, 0) is 62.5 Å². The smallest absolute Gasteiger partial charge is 0.229 e. The number of aryl methyl sites for hydroxylation is 1. The van der Waals surface area contributed by atoms with E-state index < -0.39 is 9.84 Å². The number of halogens is 2. The van der Waals surface area contributed by atoms with Crippen molar-refractivity contribution in [1.82, 2.24) is 9.88 Å². The second-order valence-corrected chi connectivity index (χ2v) is 11.1. The number of carbonyl (C=O) groups is 1. The summed E-state index contributed by atoms with van der Waals surface area (Å²) in [4.78, 5) is 21.5. The Morgan fingerprint density at radius 3 is 2.41 bits per heavy atom. The van der Waals surface area contributed by atoms with Crippen LogP contribution in [0, 0.1) is 0 Å². The molecule has 0 radical (unpaired) electrons. The first kappa shape index (κ1) is 26.5. The van der Waals surface area contributed by atoms with Gasteiger partial charge >= 0.3 is 0 Å². The molecule has 1 heterocycles. The van der Waals surface area contributed by atoms with Gasteiger partial charge in [0.15, 0.2) is 15.0 Å². The van der Waals surface area contributed by atoms with Gasteiger partial charge in [0.05, 0.1) is 20.9 Å². The lowest BCUT2D eigenvalue weighted by Crippen LogP contribution is -2.37. The van der Waals surface area contributed by atoms with Crippen molar-refractivity contribution in [3.05, 3.63) is 53.1 Å². The van der Waals surface area contributed by atoms with E-state index in [4.69, 9.17) is 11.6 Å². The molecule has 0 bridgehead atoms. The van der Waals surface area contributed by atoms with E-state index >= 15 is 0 Å². The molecule has 0 aliphatic carbocycles. The monoisotopic (exact) mass is 515 g/mol. The third kappa shape index (κ3) is 6.65. The average Bonchev–Trinajstić information content (AvgIpc) is 3.15. The van der Waals surface area contributed by atoms with Crippen molar-refractivity contribution in [2.24, 2.45) is 0 Å². The van der Waals surface area contributed by atoms with E-state index in [1.807, 2.05) is 31.1 Å². The maximum absolute atomic E-state index is 13.1. The van der Waals surface area contributed by atoms with Gasteiger partial charge in [0, 0.05) is 24.5 Å². The van der Waals surface area contributed by atoms with Crippen LogP contribution in [0.5, 0.6) is 0 Å². The van der Waals surface area contributed by atoms with E-state index in [1.165, 1.54) is 41.2 Å². The number of nitrogens with zero attached hydrogens (tertiary/aromatic N) is 3. The fourth-order valence-corrected chi connectivity index (χ4v) is 5.46. The van der Waals surface area contributed by atoms with Crippen molar-refractivity contribution < 1.29 is 13.2 Å². The van der Waals surface area contributed by atoms with Crippen LogP contribution >= 0.6 is 35.3 Å². The lowest BCUT2D eigenvalue weighted by Gasteiger charge is -2.22. The highest BCUT2D eigenvalue weighted by Gasteiger charge is 2.23. The molecule has 10 heteroatoms. The Bertz CT molecular complexity index is 1160. The van der Waals surface area contributed by atoms with Gasteiger partial charge in [-0.1, -0.05) is 35.9 Å². The zero-order valence-corrected chi connectivity index (χ0v) is 21.5. The fraction of sp³-hybridized carbons (Fsp3) is 0.364. The first-order valence-corrected chi connectivity index (χ1v) is 12.9. The zero-order chi connectivity index (χ0) is 22.6. The van der Waals surface area contributed by atoms with E-state index in [1.54, 1.807) is 4.90 Å². The number of amides is 1. The molecule has 0 atom stereocenters. The predicted octanol–water partition coefficient (Wildman–Crippen LogP) is 4.69. The van der Waals surface area contributed by atoms with E-state index in [0.717, 1.165) is 16.6 Å². The van der Waals surface area contributed by atoms with E-state index in [0.29, 0.717) is 23.2 Å². The number of hydrogen-bond acceptors (Lipinski definition) is 6. The molecule has 3 rings (SSSR count). The molecule has 0 saturated heterocycles. The van der Waals surface area contributed by atoms with Gasteiger partial charge in [-0.2, -0.15) is 0 Å². The SMILES string of the molecule is CCc1ccc2nc(N(CCN(C)C)C(=O)CCS(=O)(=O)c3ccc(Cl)cc3)sc2c1.Cl. The second-order valence-electron chi connectivity index (χ2n) is 7.52. The van der Waals surface area contributed by atoms with Crippen molar-refractivity contribution in [3.63, 3.8) is 0 Å². The Kier molecular flexibility index (Phi) is 9.48. The van der Waals surface area contributed by atoms with Crippen molar-refractivity contribution >= 4 is 66.4 Å². The van der Waals surface area contributed by atoms with Crippen molar-refractivity contribution in [1.29, 1.82) is 0 Å². The molecule has 2 aromatic carbocycles. The normalized spacial score (nSPS) is 11.5. The summed E-state index contributed by atoms with van der Waals surface area (Å²) >= 11 is 7.30. The minimum atomic E-state index is -3.59. The minimum absolute atomic E-state index is 0. The van der Waals surface area contributed by atoms with Crippen LogP contribution in [0.25, 0.3) is 10.2 Å². The molecule has 32 heavy (non-hydrogen) atoms. The summed E-state index contributed by atoms with van der Waals surface area (Å²) in [7, 11) is 0.274. The molecule has 0 spiro atoms. The number of anilines is 1. The Morgan fingerprint density at radius 1 is 1.09 bits per heavy atom. The molecule has 1 aromatic heterocycles. The van der Waals surface area contributed by atoms with Gasteiger partial charge in [0.25, 0.3) is 0 Å². The van der Waals surface area contributed by atoms with Crippen LogP contribution in [0.15, 0.2) is 47.4 Å². The van der Waals surface area contributed by atoms with Gasteiger partial charge < -0.3 is 4.90 Å². The molecule has 3 aromatic rings. The van der Waals surface area contributed by atoms with E-state index in [2.05, 4.69) is 18.0 Å². The summed E-state index contributed by atoms with van der Waals surface area (Å²) in [6, 6.07) is 12.1. The topological polar surface area (TPSA) is 70.6 Å². The lowest BCUT2D eigenvalue weighted by atomic mass is 10.2. The molecule has 0 N–H and O–H groups in total. The van der Waals surface area contributed by atoms with Crippen LogP contribution in [0.4, 0.5) is 5.13 Å². The van der Waals surface area contributed by atoms with Crippen molar-refractivity contribution in [2.45, 2.75) is 24.7 Å². The summed E-state index contributed by atoms with van der Waals surface area (Å²) in [5.41, 5.74) is 2.05. The summed E-state index contributed by atoms with van der Waals surface area (Å²) in [6.45, 7) is 3.18. The maximum Gasteiger partial charge on any atom is 0.229 e. The van der Waals surface area contributed by atoms with Gasteiger partial charge in [-0.25, -0.2) is 13.4 Å². The Morgan fingerprint density at radius 2 is 1.78 bits per heavy atom. The molecule has 0 aliphatic rings.